The SMILES string of the molecule is O[B-](O)(O)c1ccc(OC(F)(F)F)cn1. The number of ether oxygens (including phenoxy) is 1. The van der Waals surface area contributed by atoms with Gasteiger partial charge in [0.15, 0.2) is 0 Å². The van der Waals surface area contributed by atoms with E-state index in [1.54, 1.807) is 0 Å². The molecule has 0 amide bonds. The molecule has 1 aromatic heterocycles. The van der Waals surface area contributed by atoms with E-state index >= 15 is 0 Å². The van der Waals surface area contributed by atoms with Crippen LogP contribution in [0.4, 0.5) is 13.2 Å². The minimum absolute atomic E-state index is 0.551. The third kappa shape index (κ3) is 3.74. The second-order valence-corrected chi connectivity index (χ2v) is 2.70. The van der Waals surface area contributed by atoms with Gasteiger partial charge < -0.3 is 19.8 Å². The zero-order chi connectivity index (χ0) is 11.7. The molecular formula is C6H6BF3NO4-. The number of hydrogen-bond donors (Lipinski definition) is 3. The van der Waals surface area contributed by atoms with Crippen molar-refractivity contribution >= 4 is 12.3 Å². The molecule has 1 aromatic rings. The number of hydrogen-bond acceptors (Lipinski definition) is 5. The Balaban J connectivity index is 2.82. The van der Waals surface area contributed by atoms with Crippen LogP contribution < -0.4 is 10.3 Å². The molecule has 15 heavy (non-hydrogen) atoms. The molecular weight excluding hydrogens is 218 g/mol. The Morgan fingerprint density at radius 3 is 2.13 bits per heavy atom. The fraction of sp³-hybridized carbons (Fsp3) is 0.167. The Kier molecular flexibility index (Phi) is 2.89. The van der Waals surface area contributed by atoms with Crippen molar-refractivity contribution in [2.45, 2.75) is 6.36 Å². The fourth-order valence-electron chi connectivity index (χ4n) is 0.815. The first-order valence-electron chi connectivity index (χ1n) is 3.72. The standard InChI is InChI=1S/C6H6BF3NO4/c8-6(9,10)15-4-1-2-5(11-3-4)7(12,13)14/h1-3,12-14H/q-1. The van der Waals surface area contributed by atoms with Crippen molar-refractivity contribution in [1.29, 1.82) is 0 Å². The Labute approximate surface area is 81.8 Å². The van der Waals surface area contributed by atoms with Crippen molar-refractivity contribution in [3.05, 3.63) is 18.3 Å². The zero-order valence-corrected chi connectivity index (χ0v) is 7.14. The van der Waals surface area contributed by atoms with Crippen LogP contribution in [0.5, 0.6) is 5.75 Å². The van der Waals surface area contributed by atoms with Gasteiger partial charge >= 0.3 is 13.1 Å². The Morgan fingerprint density at radius 1 is 1.20 bits per heavy atom. The Hall–Kier alpha value is -1.32. The monoisotopic (exact) mass is 224 g/mol. The number of nitrogens with zero attached hydrogens (tertiary/aromatic N) is 1. The molecule has 0 aliphatic heterocycles. The van der Waals surface area contributed by atoms with E-state index in [2.05, 4.69) is 9.72 Å². The smallest absolute Gasteiger partial charge is 0.555 e. The van der Waals surface area contributed by atoms with Gasteiger partial charge in [-0.2, -0.15) is 0 Å². The molecule has 5 nitrogen and oxygen atoms in total. The van der Waals surface area contributed by atoms with Crippen LogP contribution in [0.15, 0.2) is 18.3 Å². The molecule has 0 bridgehead atoms. The molecule has 0 aromatic carbocycles. The predicted octanol–water partition coefficient (Wildman–Crippen LogP) is -0.897. The Morgan fingerprint density at radius 2 is 1.80 bits per heavy atom. The van der Waals surface area contributed by atoms with Gasteiger partial charge in [0.05, 0.1) is 6.20 Å². The highest BCUT2D eigenvalue weighted by Crippen LogP contribution is 2.20. The molecule has 0 radical (unpaired) electrons. The van der Waals surface area contributed by atoms with Gasteiger partial charge in [-0.1, -0.05) is 6.07 Å². The number of aromatic nitrogens is 1. The van der Waals surface area contributed by atoms with Gasteiger partial charge in [0.25, 0.3) is 0 Å². The van der Waals surface area contributed by atoms with Crippen molar-refractivity contribution in [2.75, 3.05) is 0 Å². The molecule has 1 heterocycles. The van der Waals surface area contributed by atoms with E-state index in [0.717, 1.165) is 12.1 Å². The third-order valence-electron chi connectivity index (χ3n) is 1.39. The van der Waals surface area contributed by atoms with Crippen LogP contribution in [0.25, 0.3) is 0 Å². The van der Waals surface area contributed by atoms with E-state index in [-0.39, 0.29) is 0 Å². The second-order valence-electron chi connectivity index (χ2n) is 2.70. The second kappa shape index (κ2) is 3.68. The van der Waals surface area contributed by atoms with E-state index in [1.807, 2.05) is 0 Å². The minimum atomic E-state index is -4.84. The van der Waals surface area contributed by atoms with Crippen LogP contribution in [0.3, 0.4) is 0 Å². The molecule has 0 saturated carbocycles. The summed E-state index contributed by atoms with van der Waals surface area (Å²) in [6, 6.07) is 1.61. The molecule has 0 aliphatic rings. The first kappa shape index (κ1) is 11.8. The maximum atomic E-state index is 11.7. The topological polar surface area (TPSA) is 82.8 Å². The summed E-state index contributed by atoms with van der Waals surface area (Å²) in [4.78, 5) is 3.19. The summed E-state index contributed by atoms with van der Waals surface area (Å²) in [5, 5.41) is 26.0. The molecule has 0 unspecified atom stereocenters. The van der Waals surface area contributed by atoms with E-state index < -0.39 is 24.5 Å². The lowest BCUT2D eigenvalue weighted by Crippen LogP contribution is -2.50. The van der Waals surface area contributed by atoms with Crippen molar-refractivity contribution < 1.29 is 33.0 Å². The van der Waals surface area contributed by atoms with E-state index in [1.165, 1.54) is 0 Å². The van der Waals surface area contributed by atoms with Gasteiger partial charge in [0.1, 0.15) is 5.75 Å². The van der Waals surface area contributed by atoms with Gasteiger partial charge in [-0.3, -0.25) is 4.98 Å². The third-order valence-corrected chi connectivity index (χ3v) is 1.39. The van der Waals surface area contributed by atoms with Gasteiger partial charge in [-0.15, -0.1) is 13.2 Å². The van der Waals surface area contributed by atoms with Crippen LogP contribution in [-0.4, -0.2) is 33.2 Å². The first-order valence-corrected chi connectivity index (χ1v) is 3.72. The fourth-order valence-corrected chi connectivity index (χ4v) is 0.815. The van der Waals surface area contributed by atoms with Crippen molar-refractivity contribution in [1.82, 2.24) is 4.98 Å². The normalized spacial score (nSPS) is 12.7. The molecule has 9 heteroatoms. The lowest BCUT2D eigenvalue weighted by Gasteiger charge is -2.20. The summed E-state index contributed by atoms with van der Waals surface area (Å²) in [5.74, 6) is -0.619. The zero-order valence-electron chi connectivity index (χ0n) is 7.14. The van der Waals surface area contributed by atoms with Crippen LogP contribution >= 0.6 is 0 Å². The van der Waals surface area contributed by atoms with Crippen LogP contribution in [0.2, 0.25) is 0 Å². The van der Waals surface area contributed by atoms with E-state index in [0.29, 0.717) is 6.20 Å². The molecule has 0 spiro atoms. The van der Waals surface area contributed by atoms with Crippen LogP contribution in [0.1, 0.15) is 0 Å². The summed E-state index contributed by atoms with van der Waals surface area (Å²) in [5.41, 5.74) is -0.551. The summed E-state index contributed by atoms with van der Waals surface area (Å²) in [6.07, 6.45) is -4.23. The molecule has 0 aliphatic carbocycles. The van der Waals surface area contributed by atoms with Crippen LogP contribution in [-0.2, 0) is 0 Å². The van der Waals surface area contributed by atoms with Gasteiger partial charge in [0, 0.05) is 0 Å². The van der Waals surface area contributed by atoms with Crippen molar-refractivity contribution in [3.63, 3.8) is 0 Å². The first-order chi connectivity index (χ1) is 6.68. The maximum Gasteiger partial charge on any atom is 0.573 e. The molecule has 0 saturated heterocycles. The number of pyridine rings is 1. The Bertz CT molecular complexity index is 334. The van der Waals surface area contributed by atoms with Crippen molar-refractivity contribution in [2.24, 2.45) is 0 Å². The predicted molar refractivity (Wildman–Crippen MR) is 43.0 cm³/mol. The summed E-state index contributed by atoms with van der Waals surface area (Å²) < 4.78 is 38.5. The van der Waals surface area contributed by atoms with Crippen molar-refractivity contribution in [3.8, 4) is 5.75 Å². The van der Waals surface area contributed by atoms with Gasteiger partial charge in [-0.05, 0) is 11.7 Å². The summed E-state index contributed by atoms with van der Waals surface area (Å²) >= 11 is 0. The molecule has 84 valence electrons. The number of alkyl halides is 3. The van der Waals surface area contributed by atoms with Gasteiger partial charge in [-0.25, -0.2) is 0 Å². The number of halogens is 3. The van der Waals surface area contributed by atoms with Crippen LogP contribution in [0, 0.1) is 0 Å². The average molecular weight is 224 g/mol. The molecule has 3 N–H and O–H groups in total. The van der Waals surface area contributed by atoms with E-state index in [4.69, 9.17) is 15.1 Å². The van der Waals surface area contributed by atoms with E-state index in [9.17, 15) is 13.2 Å². The molecule has 0 atom stereocenters. The van der Waals surface area contributed by atoms with Gasteiger partial charge in [0.2, 0.25) is 0 Å². The molecule has 0 fully saturated rings. The summed E-state index contributed by atoms with van der Waals surface area (Å²) in [6.45, 7) is -3.80. The highest BCUT2D eigenvalue weighted by Gasteiger charge is 2.31. The largest absolute Gasteiger partial charge is 0.573 e. The number of rotatable bonds is 2. The highest BCUT2D eigenvalue weighted by molar-refractivity contribution is 6.70. The average Bonchev–Trinajstić information content (AvgIpc) is 2.00. The summed E-state index contributed by atoms with van der Waals surface area (Å²) in [7, 11) is 0. The maximum absolute atomic E-state index is 11.7. The quantitative estimate of drug-likeness (QED) is 0.567. The minimum Gasteiger partial charge on any atom is -0.555 e. The lowest BCUT2D eigenvalue weighted by atomic mass is 9.75. The molecule has 1 rings (SSSR count). The lowest BCUT2D eigenvalue weighted by molar-refractivity contribution is -0.274. The highest BCUT2D eigenvalue weighted by atomic mass is 19.4.